The summed E-state index contributed by atoms with van der Waals surface area (Å²) in [5.41, 5.74) is 6.34. The zero-order chi connectivity index (χ0) is 18.8. The predicted molar refractivity (Wildman–Crippen MR) is 109 cm³/mol. The first-order chi connectivity index (χ1) is 13.1. The van der Waals surface area contributed by atoms with E-state index >= 15 is 0 Å². The number of pyridine rings is 1. The van der Waals surface area contributed by atoms with E-state index in [-0.39, 0.29) is 0 Å². The van der Waals surface area contributed by atoms with Crippen LogP contribution in [-0.2, 0) is 6.54 Å². The molecule has 0 saturated carbocycles. The third-order valence-electron chi connectivity index (χ3n) is 5.34. The maximum absolute atomic E-state index is 9.39. The number of nitrogens with zero attached hydrogens (tertiary/aromatic N) is 4. The van der Waals surface area contributed by atoms with Gasteiger partial charge in [0.2, 0.25) is 0 Å². The quantitative estimate of drug-likeness (QED) is 0.715. The molecule has 1 saturated heterocycles. The van der Waals surface area contributed by atoms with Crippen LogP contribution in [0.5, 0.6) is 0 Å². The second-order valence-electron chi connectivity index (χ2n) is 7.46. The minimum Gasteiger partial charge on any atom is -0.304 e. The maximum atomic E-state index is 9.39. The summed E-state index contributed by atoms with van der Waals surface area (Å²) >= 11 is 0. The smallest absolute Gasteiger partial charge is 0.101 e. The summed E-state index contributed by atoms with van der Waals surface area (Å²) in [4.78, 5) is 9.36. The Morgan fingerprint density at radius 1 is 1.07 bits per heavy atom. The van der Waals surface area contributed by atoms with Crippen LogP contribution < -0.4 is 0 Å². The first-order valence-corrected chi connectivity index (χ1v) is 9.44. The minimum atomic E-state index is 0.625. The van der Waals surface area contributed by atoms with Gasteiger partial charge in [-0.15, -0.1) is 0 Å². The van der Waals surface area contributed by atoms with Crippen molar-refractivity contribution in [2.24, 2.45) is 0 Å². The Morgan fingerprint density at radius 2 is 1.89 bits per heavy atom. The van der Waals surface area contributed by atoms with Crippen molar-refractivity contribution in [3.05, 3.63) is 65.4 Å². The van der Waals surface area contributed by atoms with Crippen LogP contribution in [0.4, 0.5) is 0 Å². The first kappa shape index (κ1) is 17.7. The highest BCUT2D eigenvalue weighted by Gasteiger charge is 2.15. The van der Waals surface area contributed by atoms with Crippen molar-refractivity contribution in [3.8, 4) is 17.2 Å². The monoisotopic (exact) mass is 356 g/mol. The van der Waals surface area contributed by atoms with Gasteiger partial charge in [-0.05, 0) is 48.9 Å². The number of nitriles is 1. The number of aromatic nitrogens is 1. The fourth-order valence-corrected chi connectivity index (χ4v) is 3.89. The normalized spacial score (nSPS) is 15.7. The number of fused-ring (bicyclic) bond motifs is 1. The highest BCUT2D eigenvalue weighted by Crippen LogP contribution is 2.31. The summed E-state index contributed by atoms with van der Waals surface area (Å²) in [6.45, 7) is 7.62. The van der Waals surface area contributed by atoms with E-state index in [2.05, 4.69) is 65.2 Å². The van der Waals surface area contributed by atoms with Gasteiger partial charge in [0, 0.05) is 44.3 Å². The molecule has 0 radical (unpaired) electrons. The summed E-state index contributed by atoms with van der Waals surface area (Å²) in [6, 6.07) is 17.0. The molecule has 0 aliphatic carbocycles. The first-order valence-electron chi connectivity index (χ1n) is 9.44. The van der Waals surface area contributed by atoms with E-state index in [1.807, 2.05) is 12.1 Å². The summed E-state index contributed by atoms with van der Waals surface area (Å²) in [5, 5.41) is 10.4. The van der Waals surface area contributed by atoms with Crippen LogP contribution in [0.1, 0.15) is 16.7 Å². The molecule has 1 fully saturated rings. The van der Waals surface area contributed by atoms with Crippen molar-refractivity contribution in [1.29, 1.82) is 5.26 Å². The largest absolute Gasteiger partial charge is 0.304 e. The van der Waals surface area contributed by atoms with Gasteiger partial charge in [-0.3, -0.25) is 9.88 Å². The Labute approximate surface area is 160 Å². The SMILES string of the molecule is Cc1cc(CN2CCN(C)CC2)cc(-c2ccc(C#N)c3ncccc23)c1. The van der Waals surface area contributed by atoms with Crippen LogP contribution >= 0.6 is 0 Å². The topological polar surface area (TPSA) is 43.2 Å². The summed E-state index contributed by atoms with van der Waals surface area (Å²) in [6.07, 6.45) is 1.75. The minimum absolute atomic E-state index is 0.625. The van der Waals surface area contributed by atoms with E-state index in [0.29, 0.717) is 5.56 Å². The third kappa shape index (κ3) is 3.71. The number of aryl methyl sites for hydroxylation is 1. The average molecular weight is 356 g/mol. The van der Waals surface area contributed by atoms with Crippen LogP contribution in [0.3, 0.4) is 0 Å². The van der Waals surface area contributed by atoms with E-state index in [1.165, 1.54) is 16.7 Å². The molecule has 2 heterocycles. The number of hydrogen-bond donors (Lipinski definition) is 0. The maximum Gasteiger partial charge on any atom is 0.101 e. The third-order valence-corrected chi connectivity index (χ3v) is 5.34. The van der Waals surface area contributed by atoms with Gasteiger partial charge in [0.15, 0.2) is 0 Å². The van der Waals surface area contributed by atoms with E-state index in [1.54, 1.807) is 6.20 Å². The van der Waals surface area contributed by atoms with Crippen molar-refractivity contribution in [2.75, 3.05) is 33.2 Å². The lowest BCUT2D eigenvalue weighted by Gasteiger charge is -2.32. The fourth-order valence-electron chi connectivity index (χ4n) is 3.89. The lowest BCUT2D eigenvalue weighted by Crippen LogP contribution is -2.43. The van der Waals surface area contributed by atoms with Crippen molar-refractivity contribution in [3.63, 3.8) is 0 Å². The number of likely N-dealkylation sites (N-methyl/N-ethyl adjacent to an activating group) is 1. The lowest BCUT2D eigenvalue weighted by molar-refractivity contribution is 0.148. The molecular formula is C23H24N4. The van der Waals surface area contributed by atoms with E-state index in [0.717, 1.165) is 49.2 Å². The lowest BCUT2D eigenvalue weighted by atomic mass is 9.95. The molecule has 4 rings (SSSR count). The van der Waals surface area contributed by atoms with Crippen molar-refractivity contribution < 1.29 is 0 Å². The van der Waals surface area contributed by atoms with Gasteiger partial charge in [-0.1, -0.05) is 29.8 Å². The zero-order valence-corrected chi connectivity index (χ0v) is 15.9. The van der Waals surface area contributed by atoms with Gasteiger partial charge in [0.1, 0.15) is 6.07 Å². The molecule has 1 aliphatic rings. The van der Waals surface area contributed by atoms with Crippen molar-refractivity contribution in [1.82, 2.24) is 14.8 Å². The molecule has 0 bridgehead atoms. The van der Waals surface area contributed by atoms with Crippen LogP contribution in [0.15, 0.2) is 48.7 Å². The van der Waals surface area contributed by atoms with Crippen molar-refractivity contribution >= 4 is 10.9 Å². The Morgan fingerprint density at radius 3 is 2.67 bits per heavy atom. The number of benzene rings is 2. The standard InChI is InChI=1S/C23H24N4/c1-17-12-18(16-27-10-8-26(2)9-11-27)14-20(13-17)21-6-5-19(15-24)23-22(21)4-3-7-25-23/h3-7,12-14H,8-11,16H2,1-2H3. The van der Waals surface area contributed by atoms with Gasteiger partial charge in [-0.25, -0.2) is 0 Å². The molecule has 2 aromatic carbocycles. The Balaban J connectivity index is 1.72. The predicted octanol–water partition coefficient (Wildman–Crippen LogP) is 3.83. The summed E-state index contributed by atoms with van der Waals surface area (Å²) in [5.74, 6) is 0. The Kier molecular flexibility index (Phi) is 4.89. The number of piperazine rings is 1. The molecule has 0 spiro atoms. The molecule has 0 atom stereocenters. The van der Waals surface area contributed by atoms with E-state index < -0.39 is 0 Å². The van der Waals surface area contributed by atoms with E-state index in [9.17, 15) is 5.26 Å². The number of rotatable bonds is 3. The van der Waals surface area contributed by atoms with Gasteiger partial charge in [0.25, 0.3) is 0 Å². The molecule has 0 unspecified atom stereocenters. The Bertz CT molecular complexity index is 1010. The zero-order valence-electron chi connectivity index (χ0n) is 15.9. The van der Waals surface area contributed by atoms with Crippen LogP contribution in [0.2, 0.25) is 0 Å². The highest BCUT2D eigenvalue weighted by atomic mass is 15.2. The molecule has 1 aliphatic heterocycles. The molecule has 0 amide bonds. The average Bonchev–Trinajstić information content (AvgIpc) is 2.68. The molecule has 4 nitrogen and oxygen atoms in total. The second kappa shape index (κ2) is 7.48. The molecular weight excluding hydrogens is 332 g/mol. The van der Waals surface area contributed by atoms with Gasteiger partial charge in [-0.2, -0.15) is 5.26 Å². The van der Waals surface area contributed by atoms with Gasteiger partial charge in [0.05, 0.1) is 11.1 Å². The summed E-state index contributed by atoms with van der Waals surface area (Å²) < 4.78 is 0. The molecule has 27 heavy (non-hydrogen) atoms. The molecule has 136 valence electrons. The fraction of sp³-hybridized carbons (Fsp3) is 0.304. The highest BCUT2D eigenvalue weighted by molar-refractivity contribution is 5.97. The van der Waals surface area contributed by atoms with Crippen molar-refractivity contribution in [2.45, 2.75) is 13.5 Å². The van der Waals surface area contributed by atoms with Crippen LogP contribution in [-0.4, -0.2) is 48.0 Å². The van der Waals surface area contributed by atoms with Crippen LogP contribution in [0, 0.1) is 18.3 Å². The Hall–Kier alpha value is -2.74. The van der Waals surface area contributed by atoms with Gasteiger partial charge >= 0.3 is 0 Å². The van der Waals surface area contributed by atoms with Crippen LogP contribution in [0.25, 0.3) is 22.0 Å². The second-order valence-corrected chi connectivity index (χ2v) is 7.46. The molecule has 0 N–H and O–H groups in total. The number of hydrogen-bond acceptors (Lipinski definition) is 4. The molecule has 3 aromatic rings. The molecule has 1 aromatic heterocycles. The van der Waals surface area contributed by atoms with Gasteiger partial charge < -0.3 is 4.90 Å². The molecule has 4 heteroatoms. The summed E-state index contributed by atoms with van der Waals surface area (Å²) in [7, 11) is 2.19. The van der Waals surface area contributed by atoms with E-state index in [4.69, 9.17) is 0 Å².